The average molecular weight is 292 g/mol. The highest BCUT2D eigenvalue weighted by Crippen LogP contribution is 2.37. The Hall–Kier alpha value is -1.31. The van der Waals surface area contributed by atoms with E-state index in [1.165, 1.54) is 0 Å². The van der Waals surface area contributed by atoms with Crippen molar-refractivity contribution in [3.05, 3.63) is 17.3 Å². The fourth-order valence-corrected chi connectivity index (χ4v) is 1.35. The lowest BCUT2D eigenvalue weighted by atomic mass is 10.2. The van der Waals surface area contributed by atoms with Crippen LogP contribution in [0.2, 0.25) is 0 Å². The molecular weight excluding hydrogens is 285 g/mol. The molecule has 0 amide bonds. The maximum atomic E-state index is 12.7. The summed E-state index contributed by atoms with van der Waals surface area (Å²) < 4.78 is 69.8. The van der Waals surface area contributed by atoms with E-state index in [0.29, 0.717) is 6.07 Å². The van der Waals surface area contributed by atoms with Crippen LogP contribution < -0.4 is 9.47 Å². The number of nitrogens with zero attached hydrogens (tertiary/aromatic N) is 1. The van der Waals surface area contributed by atoms with Gasteiger partial charge in [0, 0.05) is 6.07 Å². The summed E-state index contributed by atoms with van der Waals surface area (Å²) >= 11 is 5.36. The largest absolute Gasteiger partial charge is 0.573 e. The molecule has 0 aliphatic rings. The zero-order valence-corrected chi connectivity index (χ0v) is 9.65. The molecule has 0 aliphatic heterocycles. The Morgan fingerprint density at radius 3 is 2.39 bits per heavy atom. The topological polar surface area (TPSA) is 31.4 Å². The third-order valence-electron chi connectivity index (χ3n) is 1.84. The van der Waals surface area contributed by atoms with Crippen molar-refractivity contribution in [3.8, 4) is 11.6 Å². The van der Waals surface area contributed by atoms with Gasteiger partial charge in [0.15, 0.2) is 5.75 Å². The second-order valence-corrected chi connectivity index (χ2v) is 3.28. The lowest BCUT2D eigenvalue weighted by Crippen LogP contribution is -2.20. The molecule has 0 atom stereocenters. The molecule has 1 aromatic rings. The molecule has 1 rings (SSSR count). The second-order valence-electron chi connectivity index (χ2n) is 3.01. The normalized spacial score (nSPS) is 11.8. The van der Waals surface area contributed by atoms with Crippen molar-refractivity contribution in [1.29, 1.82) is 0 Å². The molecule has 18 heavy (non-hydrogen) atoms. The van der Waals surface area contributed by atoms with Gasteiger partial charge in [0.2, 0.25) is 5.88 Å². The minimum Gasteiger partial charge on any atom is -0.481 e. The summed E-state index contributed by atoms with van der Waals surface area (Å²) in [5.41, 5.74) is -1.45. The Balaban J connectivity index is 3.35. The summed E-state index contributed by atoms with van der Waals surface area (Å²) in [5.74, 6) is -1.88. The maximum Gasteiger partial charge on any atom is 0.573 e. The van der Waals surface area contributed by atoms with Gasteiger partial charge >= 0.3 is 6.36 Å². The number of ether oxygens (including phenoxy) is 2. The van der Waals surface area contributed by atoms with Crippen LogP contribution in [-0.2, 0) is 5.88 Å². The van der Waals surface area contributed by atoms with E-state index in [1.807, 2.05) is 0 Å². The fourth-order valence-electron chi connectivity index (χ4n) is 1.17. The van der Waals surface area contributed by atoms with Gasteiger partial charge in [-0.1, -0.05) is 0 Å². The fraction of sp³-hybridized carbons (Fsp3) is 0.444. The Bertz CT molecular complexity index is 424. The number of alkyl halides is 6. The van der Waals surface area contributed by atoms with E-state index in [0.717, 1.165) is 7.11 Å². The summed E-state index contributed by atoms with van der Waals surface area (Å²) in [6, 6.07) is 0.668. The highest BCUT2D eigenvalue weighted by Gasteiger charge is 2.35. The molecule has 0 aromatic carbocycles. The molecule has 0 unspecified atom stereocenters. The third-order valence-corrected chi connectivity index (χ3v) is 2.09. The van der Waals surface area contributed by atoms with Crippen LogP contribution in [0.4, 0.5) is 22.0 Å². The van der Waals surface area contributed by atoms with Gasteiger partial charge in [0.1, 0.15) is 5.69 Å². The molecule has 0 bridgehead atoms. The summed E-state index contributed by atoms with van der Waals surface area (Å²) in [5, 5.41) is 0. The minimum absolute atomic E-state index is 0.268. The predicted octanol–water partition coefficient (Wildman–Crippen LogP) is 3.67. The molecule has 0 N–H and O–H groups in total. The van der Waals surface area contributed by atoms with E-state index in [4.69, 9.17) is 11.6 Å². The number of rotatable bonds is 4. The smallest absolute Gasteiger partial charge is 0.481 e. The monoisotopic (exact) mass is 291 g/mol. The van der Waals surface area contributed by atoms with Gasteiger partial charge in [-0.15, -0.1) is 24.8 Å². The zero-order chi connectivity index (χ0) is 13.9. The molecular formula is C9H7ClF5NO2. The molecule has 0 radical (unpaired) electrons. The molecule has 0 saturated heterocycles. The van der Waals surface area contributed by atoms with Gasteiger partial charge in [-0.2, -0.15) is 0 Å². The summed E-state index contributed by atoms with van der Waals surface area (Å²) in [6.07, 6.45) is -8.29. The summed E-state index contributed by atoms with van der Waals surface area (Å²) in [6.45, 7) is 0. The lowest BCUT2D eigenvalue weighted by Gasteiger charge is -2.16. The van der Waals surface area contributed by atoms with Gasteiger partial charge in [-0.3, -0.25) is 0 Å². The van der Waals surface area contributed by atoms with E-state index in [2.05, 4.69) is 14.5 Å². The number of hydrogen-bond acceptors (Lipinski definition) is 3. The Morgan fingerprint density at radius 2 is 2.00 bits per heavy atom. The van der Waals surface area contributed by atoms with Crippen molar-refractivity contribution >= 4 is 11.6 Å². The maximum absolute atomic E-state index is 12.7. The average Bonchev–Trinajstić information content (AvgIpc) is 2.26. The van der Waals surface area contributed by atoms with Crippen LogP contribution in [0.3, 0.4) is 0 Å². The van der Waals surface area contributed by atoms with Gasteiger partial charge < -0.3 is 9.47 Å². The van der Waals surface area contributed by atoms with Crippen molar-refractivity contribution in [1.82, 2.24) is 4.98 Å². The van der Waals surface area contributed by atoms with E-state index >= 15 is 0 Å². The van der Waals surface area contributed by atoms with Crippen LogP contribution >= 0.6 is 11.6 Å². The van der Waals surface area contributed by atoms with Crippen LogP contribution in [0.5, 0.6) is 11.6 Å². The summed E-state index contributed by atoms with van der Waals surface area (Å²) in [7, 11) is 1.14. The van der Waals surface area contributed by atoms with Gasteiger partial charge in [-0.05, 0) is 0 Å². The molecule has 9 heteroatoms. The van der Waals surface area contributed by atoms with Crippen molar-refractivity contribution in [3.63, 3.8) is 0 Å². The molecule has 102 valence electrons. The highest BCUT2D eigenvalue weighted by molar-refractivity contribution is 6.17. The lowest BCUT2D eigenvalue weighted by molar-refractivity contribution is -0.275. The molecule has 3 nitrogen and oxygen atoms in total. The van der Waals surface area contributed by atoms with Crippen molar-refractivity contribution in [2.24, 2.45) is 0 Å². The van der Waals surface area contributed by atoms with E-state index in [-0.39, 0.29) is 5.88 Å². The first kappa shape index (κ1) is 14.7. The van der Waals surface area contributed by atoms with Crippen LogP contribution in [0.15, 0.2) is 6.07 Å². The van der Waals surface area contributed by atoms with Gasteiger partial charge in [0.05, 0.1) is 18.6 Å². The molecule has 0 aliphatic carbocycles. The molecule has 1 heterocycles. The number of hydrogen-bond donors (Lipinski definition) is 0. The van der Waals surface area contributed by atoms with Crippen molar-refractivity contribution in [2.75, 3.05) is 7.11 Å². The Labute approximate surface area is 103 Å². The van der Waals surface area contributed by atoms with Crippen LogP contribution in [0.1, 0.15) is 17.7 Å². The predicted molar refractivity (Wildman–Crippen MR) is 52.0 cm³/mol. The first-order valence-corrected chi connectivity index (χ1v) is 4.99. The van der Waals surface area contributed by atoms with Crippen molar-refractivity contribution < 1.29 is 31.4 Å². The Morgan fingerprint density at radius 1 is 1.39 bits per heavy atom. The van der Waals surface area contributed by atoms with Crippen LogP contribution in [-0.4, -0.2) is 18.5 Å². The minimum atomic E-state index is -5.11. The number of methoxy groups -OCH3 is 1. The Kier molecular flexibility index (Phi) is 4.55. The second kappa shape index (κ2) is 5.55. The quantitative estimate of drug-likeness (QED) is 0.626. The molecule has 0 spiro atoms. The SMILES string of the molecule is COc1cc(C(F)F)c(OC(F)(F)F)c(CCl)n1. The highest BCUT2D eigenvalue weighted by atomic mass is 35.5. The molecule has 0 fully saturated rings. The third kappa shape index (κ3) is 3.59. The molecule has 1 aromatic heterocycles. The van der Waals surface area contributed by atoms with E-state index < -0.39 is 35.7 Å². The molecule has 0 saturated carbocycles. The van der Waals surface area contributed by atoms with E-state index in [9.17, 15) is 22.0 Å². The number of aromatic nitrogens is 1. The van der Waals surface area contributed by atoms with Gasteiger partial charge in [-0.25, -0.2) is 13.8 Å². The van der Waals surface area contributed by atoms with Crippen LogP contribution in [0.25, 0.3) is 0 Å². The zero-order valence-electron chi connectivity index (χ0n) is 8.89. The first-order valence-electron chi connectivity index (χ1n) is 4.46. The van der Waals surface area contributed by atoms with Gasteiger partial charge in [0.25, 0.3) is 6.43 Å². The van der Waals surface area contributed by atoms with Crippen molar-refractivity contribution in [2.45, 2.75) is 18.7 Å². The summed E-state index contributed by atoms with van der Waals surface area (Å²) in [4.78, 5) is 3.52. The van der Waals surface area contributed by atoms with Crippen LogP contribution in [0, 0.1) is 0 Å². The van der Waals surface area contributed by atoms with E-state index in [1.54, 1.807) is 0 Å². The number of halogens is 6. The standard InChI is InChI=1S/C9H7ClF5NO2/c1-17-6-2-4(8(11)12)7(5(3-10)16-6)18-9(13,14)15/h2,8H,3H2,1H3. The first-order chi connectivity index (χ1) is 8.28. The number of pyridine rings is 1.